The Labute approximate surface area is 124 Å². The Balaban J connectivity index is 2.02. The second-order valence-electron chi connectivity index (χ2n) is 4.69. The van der Waals surface area contributed by atoms with E-state index < -0.39 is 11.9 Å². The lowest BCUT2D eigenvalue weighted by Crippen LogP contribution is -2.24. The molecule has 0 spiro atoms. The number of hydrogen-bond donors (Lipinski definition) is 0. The van der Waals surface area contributed by atoms with Gasteiger partial charge >= 0.3 is 0 Å². The number of ketones is 1. The third kappa shape index (κ3) is 2.41. The first-order valence-corrected chi connectivity index (χ1v) is 7.15. The number of carbonyl (C=O) groups excluding carboxylic acids is 1. The molecule has 0 radical (unpaired) electrons. The molecular formula is C16H12BrFO2. The highest BCUT2D eigenvalue weighted by Crippen LogP contribution is 2.31. The second kappa shape index (κ2) is 5.46. The molecule has 1 atom stereocenters. The normalized spacial score (nSPS) is 17.6. The van der Waals surface area contributed by atoms with Crippen molar-refractivity contribution >= 4 is 21.7 Å². The monoisotopic (exact) mass is 334 g/mol. The molecule has 0 fully saturated rings. The molecule has 0 aliphatic carbocycles. The summed E-state index contributed by atoms with van der Waals surface area (Å²) in [4.78, 5) is 12.5. The average Bonchev–Trinajstić information content (AvgIpc) is 2.48. The molecule has 2 aromatic carbocycles. The zero-order valence-corrected chi connectivity index (χ0v) is 12.2. The van der Waals surface area contributed by atoms with Crippen molar-refractivity contribution in [3.05, 3.63) is 69.4 Å². The molecule has 2 nitrogen and oxygen atoms in total. The SMILES string of the molecule is O=C(c1cc(Br)ccc1F)C1OCCc2ccccc21. The van der Waals surface area contributed by atoms with Gasteiger partial charge in [0.2, 0.25) is 0 Å². The van der Waals surface area contributed by atoms with Gasteiger partial charge in [-0.3, -0.25) is 4.79 Å². The van der Waals surface area contributed by atoms with E-state index in [-0.39, 0.29) is 11.3 Å². The van der Waals surface area contributed by atoms with Crippen LogP contribution in [0, 0.1) is 5.82 Å². The molecule has 1 heterocycles. The molecule has 3 rings (SSSR count). The summed E-state index contributed by atoms with van der Waals surface area (Å²) in [7, 11) is 0. The summed E-state index contributed by atoms with van der Waals surface area (Å²) in [6, 6.07) is 12.0. The molecule has 1 unspecified atom stereocenters. The van der Waals surface area contributed by atoms with Crippen LogP contribution in [-0.4, -0.2) is 12.4 Å². The first-order chi connectivity index (χ1) is 9.66. The zero-order valence-electron chi connectivity index (χ0n) is 10.6. The molecule has 1 aliphatic rings. The molecule has 1 aliphatic heterocycles. The highest BCUT2D eigenvalue weighted by Gasteiger charge is 2.29. The standard InChI is InChI=1S/C16H12BrFO2/c17-11-5-6-14(18)13(9-11)15(19)16-12-4-2-1-3-10(12)7-8-20-16/h1-6,9,16H,7-8H2. The van der Waals surface area contributed by atoms with Crippen LogP contribution < -0.4 is 0 Å². The van der Waals surface area contributed by atoms with Crippen molar-refractivity contribution in [2.45, 2.75) is 12.5 Å². The molecule has 102 valence electrons. The minimum Gasteiger partial charge on any atom is -0.365 e. The molecule has 0 bridgehead atoms. The zero-order chi connectivity index (χ0) is 14.1. The maximum absolute atomic E-state index is 13.9. The molecule has 4 heteroatoms. The Bertz CT molecular complexity index is 669. The molecular weight excluding hydrogens is 323 g/mol. The number of hydrogen-bond acceptors (Lipinski definition) is 2. The lowest BCUT2D eigenvalue weighted by molar-refractivity contribution is 0.0345. The minimum absolute atomic E-state index is 0.0566. The fraction of sp³-hybridized carbons (Fsp3) is 0.188. The van der Waals surface area contributed by atoms with Crippen LogP contribution in [0.5, 0.6) is 0 Å². The van der Waals surface area contributed by atoms with E-state index in [0.717, 1.165) is 17.5 Å². The highest BCUT2D eigenvalue weighted by atomic mass is 79.9. The lowest BCUT2D eigenvalue weighted by Gasteiger charge is -2.25. The van der Waals surface area contributed by atoms with Crippen molar-refractivity contribution < 1.29 is 13.9 Å². The van der Waals surface area contributed by atoms with Gasteiger partial charge in [0.1, 0.15) is 11.9 Å². The number of benzene rings is 2. The summed E-state index contributed by atoms with van der Waals surface area (Å²) in [6.45, 7) is 0.475. The van der Waals surface area contributed by atoms with E-state index in [1.807, 2.05) is 24.3 Å². The van der Waals surface area contributed by atoms with E-state index in [1.165, 1.54) is 12.1 Å². The lowest BCUT2D eigenvalue weighted by atomic mass is 9.92. The van der Waals surface area contributed by atoms with E-state index in [0.29, 0.717) is 11.1 Å². The Morgan fingerprint density at radius 3 is 2.90 bits per heavy atom. The Morgan fingerprint density at radius 1 is 1.25 bits per heavy atom. The van der Waals surface area contributed by atoms with Crippen molar-refractivity contribution in [2.75, 3.05) is 6.61 Å². The van der Waals surface area contributed by atoms with Crippen LogP contribution in [0.25, 0.3) is 0 Å². The number of rotatable bonds is 2. The molecule has 0 N–H and O–H groups in total. The molecule has 20 heavy (non-hydrogen) atoms. The predicted molar refractivity (Wildman–Crippen MR) is 77.3 cm³/mol. The molecule has 0 saturated heterocycles. The van der Waals surface area contributed by atoms with Gasteiger partial charge in [-0.15, -0.1) is 0 Å². The van der Waals surface area contributed by atoms with Crippen molar-refractivity contribution in [2.24, 2.45) is 0 Å². The maximum Gasteiger partial charge on any atom is 0.199 e. The summed E-state index contributed by atoms with van der Waals surface area (Å²) >= 11 is 3.26. The molecule has 0 aromatic heterocycles. The largest absolute Gasteiger partial charge is 0.365 e. The van der Waals surface area contributed by atoms with Gasteiger partial charge in [0.25, 0.3) is 0 Å². The van der Waals surface area contributed by atoms with Gasteiger partial charge in [0.15, 0.2) is 5.78 Å². The van der Waals surface area contributed by atoms with Gasteiger partial charge < -0.3 is 4.74 Å². The third-order valence-corrected chi connectivity index (χ3v) is 3.92. The van der Waals surface area contributed by atoms with E-state index >= 15 is 0 Å². The predicted octanol–water partition coefficient (Wildman–Crippen LogP) is 4.08. The van der Waals surface area contributed by atoms with Gasteiger partial charge in [-0.2, -0.15) is 0 Å². The highest BCUT2D eigenvalue weighted by molar-refractivity contribution is 9.10. The average molecular weight is 335 g/mol. The quantitative estimate of drug-likeness (QED) is 0.773. The van der Waals surface area contributed by atoms with E-state index in [4.69, 9.17) is 4.74 Å². The van der Waals surface area contributed by atoms with Gasteiger partial charge in [-0.25, -0.2) is 4.39 Å². The number of carbonyl (C=O) groups is 1. The van der Waals surface area contributed by atoms with E-state index in [1.54, 1.807) is 6.07 Å². The van der Waals surface area contributed by atoms with Gasteiger partial charge in [-0.1, -0.05) is 40.2 Å². The van der Waals surface area contributed by atoms with Gasteiger partial charge in [0.05, 0.1) is 12.2 Å². The summed E-state index contributed by atoms with van der Waals surface area (Å²) in [5.74, 6) is -0.860. The fourth-order valence-corrected chi connectivity index (χ4v) is 2.80. The van der Waals surface area contributed by atoms with Crippen LogP contribution >= 0.6 is 15.9 Å². The smallest absolute Gasteiger partial charge is 0.199 e. The topological polar surface area (TPSA) is 26.3 Å². The van der Waals surface area contributed by atoms with Gasteiger partial charge in [-0.05, 0) is 35.7 Å². The van der Waals surface area contributed by atoms with Crippen molar-refractivity contribution in [3.8, 4) is 0 Å². The fourth-order valence-electron chi connectivity index (χ4n) is 2.44. The van der Waals surface area contributed by atoms with Gasteiger partial charge in [0, 0.05) is 4.47 Å². The molecule has 0 saturated carbocycles. The van der Waals surface area contributed by atoms with Crippen LogP contribution in [0.1, 0.15) is 27.6 Å². The van der Waals surface area contributed by atoms with E-state index in [2.05, 4.69) is 15.9 Å². The Hall–Kier alpha value is -1.52. The van der Waals surface area contributed by atoms with Crippen LogP contribution in [0.4, 0.5) is 4.39 Å². The van der Waals surface area contributed by atoms with Crippen LogP contribution in [0.15, 0.2) is 46.9 Å². The van der Waals surface area contributed by atoms with Crippen molar-refractivity contribution in [1.82, 2.24) is 0 Å². The number of fused-ring (bicyclic) bond motifs is 1. The van der Waals surface area contributed by atoms with Crippen LogP contribution in [0.2, 0.25) is 0 Å². The number of halogens is 2. The maximum atomic E-state index is 13.9. The first kappa shape index (κ1) is 13.5. The summed E-state index contributed by atoms with van der Waals surface area (Å²) in [5.41, 5.74) is 1.98. The molecule has 2 aromatic rings. The summed E-state index contributed by atoms with van der Waals surface area (Å²) in [5, 5.41) is 0. The van der Waals surface area contributed by atoms with E-state index in [9.17, 15) is 9.18 Å². The van der Waals surface area contributed by atoms with Crippen molar-refractivity contribution in [1.29, 1.82) is 0 Å². The second-order valence-corrected chi connectivity index (χ2v) is 5.60. The molecule has 0 amide bonds. The Kier molecular flexibility index (Phi) is 3.68. The van der Waals surface area contributed by atoms with Crippen LogP contribution in [-0.2, 0) is 11.2 Å². The summed E-state index contributed by atoms with van der Waals surface area (Å²) < 4.78 is 20.1. The number of Topliss-reactive ketones (excluding diaryl/α,β-unsaturated/α-hetero) is 1. The van der Waals surface area contributed by atoms with Crippen LogP contribution in [0.3, 0.4) is 0 Å². The van der Waals surface area contributed by atoms with Crippen molar-refractivity contribution in [3.63, 3.8) is 0 Å². The Morgan fingerprint density at radius 2 is 2.05 bits per heavy atom. The summed E-state index contributed by atoms with van der Waals surface area (Å²) in [6.07, 6.45) is 0.0599. The minimum atomic E-state index is -0.719. The number of ether oxygens (including phenoxy) is 1. The third-order valence-electron chi connectivity index (χ3n) is 3.43. The first-order valence-electron chi connectivity index (χ1n) is 6.35.